The van der Waals surface area contributed by atoms with Gasteiger partial charge in [0.15, 0.2) is 5.78 Å². The summed E-state index contributed by atoms with van der Waals surface area (Å²) in [6.45, 7) is 5.80. The van der Waals surface area contributed by atoms with Crippen LogP contribution >= 0.6 is 27.7 Å². The average molecular weight is 375 g/mol. The van der Waals surface area contributed by atoms with Crippen molar-refractivity contribution in [1.82, 2.24) is 4.98 Å². The minimum atomic E-state index is 0.0212. The zero-order chi connectivity index (χ0) is 16.3. The summed E-state index contributed by atoms with van der Waals surface area (Å²) in [6.07, 6.45) is 0. The number of halogens is 1. The third kappa shape index (κ3) is 3.57. The summed E-state index contributed by atoms with van der Waals surface area (Å²) >= 11 is 4.68. The molecule has 22 heavy (non-hydrogen) atoms. The predicted molar refractivity (Wildman–Crippen MR) is 92.4 cm³/mol. The molecule has 2 rings (SSSR count). The first-order valence-electron chi connectivity index (χ1n) is 6.73. The van der Waals surface area contributed by atoms with Gasteiger partial charge in [0.05, 0.1) is 11.3 Å². The van der Waals surface area contributed by atoms with E-state index in [1.165, 1.54) is 11.8 Å². The molecule has 0 spiro atoms. The number of hydrogen-bond acceptors (Lipinski definition) is 4. The lowest BCUT2D eigenvalue weighted by molar-refractivity contribution is 0.102. The van der Waals surface area contributed by atoms with E-state index in [-0.39, 0.29) is 11.5 Å². The minimum absolute atomic E-state index is 0.0212. The fourth-order valence-electron chi connectivity index (χ4n) is 2.03. The second-order valence-corrected chi connectivity index (χ2v) is 6.84. The molecule has 0 fully saturated rings. The van der Waals surface area contributed by atoms with Gasteiger partial charge in [0.2, 0.25) is 0 Å². The first-order valence-corrected chi connectivity index (χ1v) is 8.51. The molecule has 0 aliphatic heterocycles. The van der Waals surface area contributed by atoms with Gasteiger partial charge >= 0.3 is 0 Å². The molecule has 0 unspecified atom stereocenters. The third-order valence-electron chi connectivity index (χ3n) is 3.56. The van der Waals surface area contributed by atoms with Crippen molar-refractivity contribution in [2.45, 2.75) is 25.8 Å². The topological polar surface area (TPSA) is 53.8 Å². The van der Waals surface area contributed by atoms with Gasteiger partial charge in [0.25, 0.3) is 0 Å². The Kier molecular flexibility index (Phi) is 5.38. The molecule has 5 heteroatoms. The van der Waals surface area contributed by atoms with Crippen LogP contribution < -0.4 is 0 Å². The second kappa shape index (κ2) is 7.08. The van der Waals surface area contributed by atoms with E-state index in [0.29, 0.717) is 16.2 Å². The van der Waals surface area contributed by atoms with E-state index in [0.717, 1.165) is 21.3 Å². The van der Waals surface area contributed by atoms with Crippen molar-refractivity contribution < 1.29 is 4.79 Å². The van der Waals surface area contributed by atoms with Crippen LogP contribution in [0.25, 0.3) is 0 Å². The molecule has 0 saturated heterocycles. The van der Waals surface area contributed by atoms with Gasteiger partial charge in [0.1, 0.15) is 11.1 Å². The monoisotopic (exact) mass is 374 g/mol. The van der Waals surface area contributed by atoms with E-state index in [1.54, 1.807) is 12.1 Å². The van der Waals surface area contributed by atoms with Crippen molar-refractivity contribution in [3.8, 4) is 6.07 Å². The van der Waals surface area contributed by atoms with Gasteiger partial charge in [0, 0.05) is 15.7 Å². The van der Waals surface area contributed by atoms with Crippen LogP contribution in [-0.2, 0) is 0 Å². The minimum Gasteiger partial charge on any atom is -0.293 e. The number of thioether (sulfide) groups is 1. The van der Waals surface area contributed by atoms with Gasteiger partial charge in [-0.25, -0.2) is 4.98 Å². The van der Waals surface area contributed by atoms with Crippen LogP contribution in [0.5, 0.6) is 0 Å². The molecule has 0 N–H and O–H groups in total. The van der Waals surface area contributed by atoms with Crippen molar-refractivity contribution in [2.75, 3.05) is 5.75 Å². The molecule has 0 amide bonds. The Morgan fingerprint density at radius 3 is 2.68 bits per heavy atom. The maximum Gasteiger partial charge on any atom is 0.173 e. The number of ketones is 1. The molecule has 0 saturated carbocycles. The summed E-state index contributed by atoms with van der Waals surface area (Å²) in [7, 11) is 0. The van der Waals surface area contributed by atoms with Crippen molar-refractivity contribution >= 4 is 33.5 Å². The molecule has 0 aliphatic carbocycles. The Labute approximate surface area is 142 Å². The molecule has 0 atom stereocenters. The number of nitriles is 1. The molecule has 3 nitrogen and oxygen atoms in total. The molecule has 0 radical (unpaired) electrons. The van der Waals surface area contributed by atoms with Gasteiger partial charge in [-0.15, -0.1) is 0 Å². The van der Waals surface area contributed by atoms with Gasteiger partial charge < -0.3 is 0 Å². The van der Waals surface area contributed by atoms with Gasteiger partial charge in [-0.05, 0) is 44.0 Å². The number of aryl methyl sites for hydroxylation is 1. The summed E-state index contributed by atoms with van der Waals surface area (Å²) in [6, 6.07) is 9.51. The first kappa shape index (κ1) is 16.7. The number of carbonyl (C=O) groups is 1. The summed E-state index contributed by atoms with van der Waals surface area (Å²) in [4.78, 5) is 16.7. The molecule has 1 aromatic carbocycles. The Morgan fingerprint density at radius 2 is 2.05 bits per heavy atom. The maximum atomic E-state index is 12.3. The maximum absolute atomic E-state index is 12.3. The molecule has 1 heterocycles. The highest BCUT2D eigenvalue weighted by atomic mass is 79.9. The lowest BCUT2D eigenvalue weighted by Crippen LogP contribution is -2.05. The lowest BCUT2D eigenvalue weighted by Gasteiger charge is -2.10. The van der Waals surface area contributed by atoms with E-state index in [2.05, 4.69) is 27.0 Å². The van der Waals surface area contributed by atoms with Crippen molar-refractivity contribution in [2.24, 2.45) is 0 Å². The van der Waals surface area contributed by atoms with Crippen molar-refractivity contribution in [3.05, 3.63) is 56.7 Å². The van der Waals surface area contributed by atoms with Crippen LogP contribution in [-0.4, -0.2) is 16.5 Å². The predicted octanol–water partition coefficient (Wildman–Crippen LogP) is 4.62. The summed E-state index contributed by atoms with van der Waals surface area (Å²) < 4.78 is 0.876. The van der Waals surface area contributed by atoms with Crippen LogP contribution in [0, 0.1) is 32.1 Å². The molecule has 0 aliphatic rings. The van der Waals surface area contributed by atoms with E-state index >= 15 is 0 Å². The first-order chi connectivity index (χ1) is 10.4. The van der Waals surface area contributed by atoms with Gasteiger partial charge in [-0.2, -0.15) is 5.26 Å². The molecular formula is C17H15BrN2OS. The third-order valence-corrected chi connectivity index (χ3v) is 5.03. The van der Waals surface area contributed by atoms with Crippen LogP contribution in [0.3, 0.4) is 0 Å². The fourth-order valence-corrected chi connectivity index (χ4v) is 3.40. The Bertz CT molecular complexity index is 781. The standard InChI is InChI=1S/C17H15BrN2OS/c1-10-11(2)15(8-19)17(20-12(10)3)22-9-16(21)13-5-4-6-14(18)7-13/h4-7H,9H2,1-3H3. The van der Waals surface area contributed by atoms with Crippen molar-refractivity contribution in [1.29, 1.82) is 5.26 Å². The lowest BCUT2D eigenvalue weighted by atomic mass is 10.1. The van der Waals surface area contributed by atoms with Crippen LogP contribution in [0.15, 0.2) is 33.8 Å². The summed E-state index contributed by atoms with van der Waals surface area (Å²) in [5.74, 6) is 0.285. The number of Topliss-reactive ketones (excluding diaryl/α,β-unsaturated/α-hetero) is 1. The zero-order valence-corrected chi connectivity index (χ0v) is 15.0. The van der Waals surface area contributed by atoms with Gasteiger partial charge in [-0.3, -0.25) is 4.79 Å². The normalized spacial score (nSPS) is 10.3. The van der Waals surface area contributed by atoms with Crippen LogP contribution in [0.4, 0.5) is 0 Å². The van der Waals surface area contributed by atoms with Gasteiger partial charge in [-0.1, -0.05) is 39.8 Å². The number of aromatic nitrogens is 1. The fraction of sp³-hybridized carbons (Fsp3) is 0.235. The van der Waals surface area contributed by atoms with Crippen molar-refractivity contribution in [3.63, 3.8) is 0 Å². The Hall–Kier alpha value is -1.64. The Balaban J connectivity index is 2.22. The highest BCUT2D eigenvalue weighted by Crippen LogP contribution is 2.27. The number of hydrogen-bond donors (Lipinski definition) is 0. The number of nitrogens with zero attached hydrogens (tertiary/aromatic N) is 2. The SMILES string of the molecule is Cc1nc(SCC(=O)c2cccc(Br)c2)c(C#N)c(C)c1C. The highest BCUT2D eigenvalue weighted by Gasteiger charge is 2.15. The highest BCUT2D eigenvalue weighted by molar-refractivity contribution is 9.10. The zero-order valence-electron chi connectivity index (χ0n) is 12.6. The molecule has 0 bridgehead atoms. The number of pyridine rings is 1. The average Bonchev–Trinajstić information content (AvgIpc) is 2.50. The summed E-state index contributed by atoms with van der Waals surface area (Å²) in [5.41, 5.74) is 4.08. The largest absolute Gasteiger partial charge is 0.293 e. The van der Waals surface area contributed by atoms with Crippen LogP contribution in [0.1, 0.15) is 32.7 Å². The number of rotatable bonds is 4. The molecule has 2 aromatic rings. The van der Waals surface area contributed by atoms with E-state index in [4.69, 9.17) is 0 Å². The Morgan fingerprint density at radius 1 is 1.32 bits per heavy atom. The summed E-state index contributed by atoms with van der Waals surface area (Å²) in [5, 5.41) is 9.97. The number of carbonyl (C=O) groups excluding carboxylic acids is 1. The molecule has 1 aromatic heterocycles. The smallest absolute Gasteiger partial charge is 0.173 e. The van der Waals surface area contributed by atoms with E-state index < -0.39 is 0 Å². The second-order valence-electron chi connectivity index (χ2n) is 4.96. The van der Waals surface area contributed by atoms with E-state index in [1.807, 2.05) is 32.9 Å². The molecule has 112 valence electrons. The molecular weight excluding hydrogens is 360 g/mol. The number of benzene rings is 1. The quantitative estimate of drug-likeness (QED) is 0.578. The van der Waals surface area contributed by atoms with Crippen LogP contribution in [0.2, 0.25) is 0 Å². The van der Waals surface area contributed by atoms with E-state index in [9.17, 15) is 10.1 Å².